The van der Waals surface area contributed by atoms with Crippen molar-refractivity contribution >= 4 is 18.4 Å². The number of thiol groups is 1. The van der Waals surface area contributed by atoms with Gasteiger partial charge in [-0.2, -0.15) is 0 Å². The van der Waals surface area contributed by atoms with E-state index in [4.69, 9.17) is 0 Å². The molecule has 0 saturated heterocycles. The molecule has 70 valence electrons. The van der Waals surface area contributed by atoms with Crippen LogP contribution in [0.15, 0.2) is 29.2 Å². The average molecular weight is 194 g/mol. The van der Waals surface area contributed by atoms with Gasteiger partial charge in [0.05, 0.1) is 0 Å². The van der Waals surface area contributed by atoms with Gasteiger partial charge in [-0.25, -0.2) is 0 Å². The van der Waals surface area contributed by atoms with Crippen LogP contribution in [0.3, 0.4) is 0 Å². The molecule has 1 rings (SSSR count). The summed E-state index contributed by atoms with van der Waals surface area (Å²) in [5.74, 6) is 0.137. The highest BCUT2D eigenvalue weighted by Gasteiger charge is 2.23. The normalized spacial score (nSPS) is 11.4. The highest BCUT2D eigenvalue weighted by molar-refractivity contribution is 7.80. The second-order valence-electron chi connectivity index (χ2n) is 4.10. The number of hydrogen-bond acceptors (Lipinski definition) is 2. The fourth-order valence-electron chi connectivity index (χ4n) is 1.07. The predicted octanol–water partition coefficient (Wildman–Crippen LogP) is 3.20. The Hall–Kier alpha value is -0.760. The van der Waals surface area contributed by atoms with Gasteiger partial charge >= 0.3 is 0 Å². The van der Waals surface area contributed by atoms with Crippen molar-refractivity contribution in [2.45, 2.75) is 25.7 Å². The highest BCUT2D eigenvalue weighted by atomic mass is 32.1. The molecule has 0 atom stereocenters. The Bertz CT molecular complexity index is 323. The molecule has 0 spiro atoms. The van der Waals surface area contributed by atoms with E-state index in [0.717, 1.165) is 4.90 Å². The van der Waals surface area contributed by atoms with Gasteiger partial charge in [0.25, 0.3) is 0 Å². The number of Topliss-reactive ketones (excluding diaryl/α,β-unsaturated/α-hetero) is 1. The number of carbonyl (C=O) groups excluding carboxylic acids is 1. The van der Waals surface area contributed by atoms with Crippen LogP contribution in [0.1, 0.15) is 31.1 Å². The third kappa shape index (κ3) is 2.34. The largest absolute Gasteiger partial charge is 0.294 e. The fourth-order valence-corrected chi connectivity index (χ4v) is 1.33. The zero-order valence-corrected chi connectivity index (χ0v) is 9.06. The smallest absolute Gasteiger partial charge is 0.169 e. The molecule has 13 heavy (non-hydrogen) atoms. The van der Waals surface area contributed by atoms with Crippen molar-refractivity contribution in [1.29, 1.82) is 0 Å². The minimum atomic E-state index is -0.334. The molecule has 0 saturated carbocycles. The lowest BCUT2D eigenvalue weighted by Gasteiger charge is -2.17. The molecule has 0 aliphatic heterocycles. The zero-order valence-electron chi connectivity index (χ0n) is 8.16. The Morgan fingerprint density at radius 1 is 1.23 bits per heavy atom. The first-order valence-corrected chi connectivity index (χ1v) is 4.70. The first-order valence-electron chi connectivity index (χ1n) is 4.26. The van der Waals surface area contributed by atoms with Gasteiger partial charge in [-0.1, -0.05) is 39.0 Å². The van der Waals surface area contributed by atoms with Crippen LogP contribution in [0.2, 0.25) is 0 Å². The highest BCUT2D eigenvalue weighted by Crippen LogP contribution is 2.24. The van der Waals surface area contributed by atoms with Crippen molar-refractivity contribution in [1.82, 2.24) is 0 Å². The van der Waals surface area contributed by atoms with Crippen molar-refractivity contribution in [2.75, 3.05) is 0 Å². The van der Waals surface area contributed by atoms with Gasteiger partial charge < -0.3 is 0 Å². The van der Waals surface area contributed by atoms with Crippen LogP contribution < -0.4 is 0 Å². The third-order valence-electron chi connectivity index (χ3n) is 1.83. The first kappa shape index (κ1) is 10.3. The molecule has 0 aliphatic rings. The van der Waals surface area contributed by atoms with Crippen LogP contribution in [-0.2, 0) is 0 Å². The van der Waals surface area contributed by atoms with Gasteiger partial charge in [-0.15, -0.1) is 12.6 Å². The molecule has 0 heterocycles. The van der Waals surface area contributed by atoms with Gasteiger partial charge in [0.2, 0.25) is 0 Å². The minimum Gasteiger partial charge on any atom is -0.294 e. The van der Waals surface area contributed by atoms with Crippen molar-refractivity contribution in [3.8, 4) is 0 Å². The summed E-state index contributed by atoms with van der Waals surface area (Å²) >= 11 is 4.25. The predicted molar refractivity (Wildman–Crippen MR) is 57.5 cm³/mol. The molecular formula is C11H14OS. The summed E-state index contributed by atoms with van der Waals surface area (Å²) in [6.07, 6.45) is 0. The van der Waals surface area contributed by atoms with Crippen molar-refractivity contribution in [2.24, 2.45) is 5.41 Å². The maximum Gasteiger partial charge on any atom is 0.169 e. The Morgan fingerprint density at radius 3 is 2.23 bits per heavy atom. The zero-order chi connectivity index (χ0) is 10.1. The quantitative estimate of drug-likeness (QED) is 0.536. The van der Waals surface area contributed by atoms with Crippen molar-refractivity contribution < 1.29 is 4.79 Å². The van der Waals surface area contributed by atoms with E-state index in [1.165, 1.54) is 0 Å². The Morgan fingerprint density at radius 2 is 1.77 bits per heavy atom. The molecule has 0 N–H and O–H groups in total. The summed E-state index contributed by atoms with van der Waals surface area (Å²) < 4.78 is 0. The van der Waals surface area contributed by atoms with Crippen LogP contribution in [0.25, 0.3) is 0 Å². The summed E-state index contributed by atoms with van der Waals surface area (Å²) in [5, 5.41) is 0. The number of hydrogen-bond donors (Lipinski definition) is 1. The number of benzene rings is 1. The molecule has 1 nitrogen and oxygen atoms in total. The molecule has 0 aromatic heterocycles. The van der Waals surface area contributed by atoms with E-state index >= 15 is 0 Å². The molecule has 0 fully saturated rings. The SMILES string of the molecule is CC(C)(C)C(=O)c1ccccc1S. The Balaban J connectivity index is 3.10. The van der Waals surface area contributed by atoms with Crippen LogP contribution in [0.5, 0.6) is 0 Å². The summed E-state index contributed by atoms with van der Waals surface area (Å²) in [5.41, 5.74) is 0.372. The van der Waals surface area contributed by atoms with E-state index in [2.05, 4.69) is 12.6 Å². The standard InChI is InChI=1S/C11H14OS/c1-11(2,3)10(12)8-6-4-5-7-9(8)13/h4-7,13H,1-3H3. The third-order valence-corrected chi connectivity index (χ3v) is 2.22. The van der Waals surface area contributed by atoms with Gasteiger partial charge in [-0.05, 0) is 6.07 Å². The minimum absolute atomic E-state index is 0.137. The second kappa shape index (κ2) is 3.54. The second-order valence-corrected chi connectivity index (χ2v) is 4.58. The van der Waals surface area contributed by atoms with Crippen molar-refractivity contribution in [3.05, 3.63) is 29.8 Å². The van der Waals surface area contributed by atoms with E-state index < -0.39 is 0 Å². The monoisotopic (exact) mass is 194 g/mol. The van der Waals surface area contributed by atoms with E-state index in [0.29, 0.717) is 5.56 Å². The van der Waals surface area contributed by atoms with Crippen LogP contribution in [0, 0.1) is 5.41 Å². The van der Waals surface area contributed by atoms with Gasteiger partial charge in [0, 0.05) is 15.9 Å². The first-order chi connectivity index (χ1) is 5.93. The van der Waals surface area contributed by atoms with Crippen LogP contribution in [-0.4, -0.2) is 5.78 Å². The van der Waals surface area contributed by atoms with Crippen molar-refractivity contribution in [3.63, 3.8) is 0 Å². The van der Waals surface area contributed by atoms with Gasteiger partial charge in [-0.3, -0.25) is 4.79 Å². The molecule has 0 unspecified atom stereocenters. The molecule has 0 amide bonds. The molecule has 1 aromatic rings. The molecule has 1 aromatic carbocycles. The van der Waals surface area contributed by atoms with Crippen LogP contribution >= 0.6 is 12.6 Å². The average Bonchev–Trinajstić information content (AvgIpc) is 2.02. The number of ketones is 1. The number of rotatable bonds is 1. The topological polar surface area (TPSA) is 17.1 Å². The summed E-state index contributed by atoms with van der Waals surface area (Å²) in [6.45, 7) is 5.74. The van der Waals surface area contributed by atoms with Gasteiger partial charge in [0.15, 0.2) is 5.78 Å². The van der Waals surface area contributed by atoms with E-state index in [-0.39, 0.29) is 11.2 Å². The lowest BCUT2D eigenvalue weighted by molar-refractivity contribution is 0.0855. The summed E-state index contributed by atoms with van der Waals surface area (Å²) in [7, 11) is 0. The van der Waals surface area contributed by atoms with Gasteiger partial charge in [0.1, 0.15) is 0 Å². The fraction of sp³-hybridized carbons (Fsp3) is 0.364. The lowest BCUT2D eigenvalue weighted by Crippen LogP contribution is -2.20. The van der Waals surface area contributed by atoms with E-state index in [1.54, 1.807) is 0 Å². The number of carbonyl (C=O) groups is 1. The Labute approximate surface area is 84.6 Å². The molecule has 0 bridgehead atoms. The Kier molecular flexibility index (Phi) is 2.81. The molecule has 0 radical (unpaired) electrons. The molecule has 0 aliphatic carbocycles. The van der Waals surface area contributed by atoms with E-state index in [9.17, 15) is 4.79 Å². The summed E-state index contributed by atoms with van der Waals surface area (Å²) in [6, 6.07) is 7.39. The van der Waals surface area contributed by atoms with Crippen LogP contribution in [0.4, 0.5) is 0 Å². The molecule has 2 heteroatoms. The summed E-state index contributed by atoms with van der Waals surface area (Å²) in [4.78, 5) is 12.6. The maximum absolute atomic E-state index is 11.8. The van der Waals surface area contributed by atoms with E-state index in [1.807, 2.05) is 45.0 Å². The maximum atomic E-state index is 11.8. The molecular weight excluding hydrogens is 180 g/mol. The lowest BCUT2D eigenvalue weighted by atomic mass is 9.86.